The van der Waals surface area contributed by atoms with Crippen LogP contribution < -0.4 is 5.32 Å². The van der Waals surface area contributed by atoms with Crippen LogP contribution in [0.15, 0.2) is 24.3 Å². The van der Waals surface area contributed by atoms with Crippen LogP contribution in [0.3, 0.4) is 0 Å². The van der Waals surface area contributed by atoms with Crippen molar-refractivity contribution in [3.8, 4) is 0 Å². The van der Waals surface area contributed by atoms with E-state index in [1.54, 1.807) is 12.1 Å². The zero-order chi connectivity index (χ0) is 13.0. The van der Waals surface area contributed by atoms with E-state index in [2.05, 4.69) is 12.2 Å². The van der Waals surface area contributed by atoms with E-state index in [1.165, 1.54) is 32.1 Å². The number of benzene rings is 1. The lowest BCUT2D eigenvalue weighted by molar-refractivity contribution is -0.384. The lowest BCUT2D eigenvalue weighted by Crippen LogP contribution is -2.33. The molecule has 1 unspecified atom stereocenters. The largest absolute Gasteiger partial charge is 0.307 e. The molecule has 0 aromatic heterocycles. The van der Waals surface area contributed by atoms with Crippen molar-refractivity contribution in [1.29, 1.82) is 0 Å². The van der Waals surface area contributed by atoms with Crippen LogP contribution in [-0.4, -0.2) is 11.0 Å². The Hall–Kier alpha value is -1.42. The Kier molecular flexibility index (Phi) is 4.31. The highest BCUT2D eigenvalue weighted by Gasteiger charge is 2.16. The molecule has 1 N–H and O–H groups in total. The Bertz CT molecular complexity index is 397. The second-order valence-corrected chi connectivity index (χ2v) is 5.07. The summed E-state index contributed by atoms with van der Waals surface area (Å²) >= 11 is 0. The van der Waals surface area contributed by atoms with Crippen molar-refractivity contribution < 1.29 is 4.92 Å². The van der Waals surface area contributed by atoms with Gasteiger partial charge < -0.3 is 5.32 Å². The van der Waals surface area contributed by atoms with Crippen LogP contribution >= 0.6 is 0 Å². The minimum Gasteiger partial charge on any atom is -0.307 e. The summed E-state index contributed by atoms with van der Waals surface area (Å²) in [4.78, 5) is 10.2. The Balaban J connectivity index is 1.95. The second kappa shape index (κ2) is 5.96. The third-order valence-corrected chi connectivity index (χ3v) is 3.69. The zero-order valence-corrected chi connectivity index (χ0v) is 10.8. The SMILES string of the molecule is CC(NC1CCCCC1)c1ccc([N+](=O)[O-])cc1. The first-order valence-corrected chi connectivity index (χ1v) is 6.67. The fraction of sp³-hybridized carbons (Fsp3) is 0.571. The number of hydrogen-bond acceptors (Lipinski definition) is 3. The molecule has 18 heavy (non-hydrogen) atoms. The quantitative estimate of drug-likeness (QED) is 0.654. The maximum atomic E-state index is 10.6. The molecule has 0 heterocycles. The van der Waals surface area contributed by atoms with Crippen LogP contribution in [0.2, 0.25) is 0 Å². The van der Waals surface area contributed by atoms with Crippen LogP contribution in [0.5, 0.6) is 0 Å². The fourth-order valence-electron chi connectivity index (χ4n) is 2.60. The molecule has 1 aromatic carbocycles. The van der Waals surface area contributed by atoms with E-state index in [-0.39, 0.29) is 16.7 Å². The first kappa shape index (κ1) is 13.0. The van der Waals surface area contributed by atoms with Crippen LogP contribution in [0.25, 0.3) is 0 Å². The maximum absolute atomic E-state index is 10.6. The van der Waals surface area contributed by atoms with E-state index in [1.807, 2.05) is 12.1 Å². The third-order valence-electron chi connectivity index (χ3n) is 3.69. The molecule has 0 amide bonds. The third kappa shape index (κ3) is 3.29. The highest BCUT2D eigenvalue weighted by atomic mass is 16.6. The Morgan fingerprint density at radius 1 is 1.22 bits per heavy atom. The highest BCUT2D eigenvalue weighted by Crippen LogP contribution is 2.22. The standard InChI is InChI=1S/C14H20N2O2/c1-11(15-13-5-3-2-4-6-13)12-7-9-14(10-8-12)16(17)18/h7-11,13,15H,2-6H2,1H3. The van der Waals surface area contributed by atoms with E-state index >= 15 is 0 Å². The average Bonchev–Trinajstić information content (AvgIpc) is 2.40. The average molecular weight is 248 g/mol. The molecule has 0 saturated heterocycles. The molecule has 0 spiro atoms. The molecule has 4 heteroatoms. The molecule has 0 bridgehead atoms. The summed E-state index contributed by atoms with van der Waals surface area (Å²) in [6, 6.07) is 7.71. The Morgan fingerprint density at radius 2 is 1.83 bits per heavy atom. The summed E-state index contributed by atoms with van der Waals surface area (Å²) in [7, 11) is 0. The molecular formula is C14H20N2O2. The Labute approximate surface area is 108 Å². The van der Waals surface area contributed by atoms with E-state index in [0.717, 1.165) is 5.56 Å². The summed E-state index contributed by atoms with van der Waals surface area (Å²) in [5.41, 5.74) is 1.27. The minimum absolute atomic E-state index is 0.156. The van der Waals surface area contributed by atoms with E-state index in [9.17, 15) is 10.1 Å². The molecule has 0 radical (unpaired) electrons. The number of nitro groups is 1. The minimum atomic E-state index is -0.358. The van der Waals surface area contributed by atoms with Gasteiger partial charge in [0.1, 0.15) is 0 Å². The predicted molar refractivity (Wildman–Crippen MR) is 71.5 cm³/mol. The van der Waals surface area contributed by atoms with Crippen molar-refractivity contribution in [3.05, 3.63) is 39.9 Å². The zero-order valence-electron chi connectivity index (χ0n) is 10.8. The van der Waals surface area contributed by atoms with Crippen molar-refractivity contribution in [2.45, 2.75) is 51.1 Å². The summed E-state index contributed by atoms with van der Waals surface area (Å²) in [6.45, 7) is 2.12. The summed E-state index contributed by atoms with van der Waals surface area (Å²) in [6.07, 6.45) is 6.47. The molecular weight excluding hydrogens is 228 g/mol. The number of hydrogen-bond donors (Lipinski definition) is 1. The fourth-order valence-corrected chi connectivity index (χ4v) is 2.60. The van der Waals surface area contributed by atoms with Crippen molar-refractivity contribution in [2.75, 3.05) is 0 Å². The first-order valence-electron chi connectivity index (χ1n) is 6.67. The van der Waals surface area contributed by atoms with Gasteiger partial charge in [-0.2, -0.15) is 0 Å². The summed E-state index contributed by atoms with van der Waals surface area (Å²) in [5, 5.41) is 14.2. The van der Waals surface area contributed by atoms with Gasteiger partial charge in [0.05, 0.1) is 4.92 Å². The van der Waals surface area contributed by atoms with Crippen LogP contribution in [0.1, 0.15) is 50.6 Å². The van der Waals surface area contributed by atoms with Crippen LogP contribution in [0, 0.1) is 10.1 Å². The molecule has 1 aliphatic carbocycles. The number of nitrogens with one attached hydrogen (secondary N) is 1. The van der Waals surface area contributed by atoms with Crippen molar-refractivity contribution in [3.63, 3.8) is 0 Å². The molecule has 1 fully saturated rings. The van der Waals surface area contributed by atoms with Crippen LogP contribution in [-0.2, 0) is 0 Å². The lowest BCUT2D eigenvalue weighted by atomic mass is 9.94. The molecule has 4 nitrogen and oxygen atoms in total. The Morgan fingerprint density at radius 3 is 2.39 bits per heavy atom. The molecule has 98 valence electrons. The maximum Gasteiger partial charge on any atom is 0.269 e. The molecule has 1 aromatic rings. The molecule has 0 aliphatic heterocycles. The first-order chi connectivity index (χ1) is 8.66. The van der Waals surface area contributed by atoms with Gasteiger partial charge in [0.25, 0.3) is 5.69 Å². The number of rotatable bonds is 4. The molecule has 1 saturated carbocycles. The van der Waals surface area contributed by atoms with E-state index < -0.39 is 0 Å². The number of non-ortho nitro benzene ring substituents is 1. The van der Waals surface area contributed by atoms with Gasteiger partial charge in [0.15, 0.2) is 0 Å². The van der Waals surface area contributed by atoms with Crippen molar-refractivity contribution in [1.82, 2.24) is 5.32 Å². The van der Waals surface area contributed by atoms with Gasteiger partial charge in [-0.25, -0.2) is 0 Å². The summed E-state index contributed by atoms with van der Waals surface area (Å²) < 4.78 is 0. The van der Waals surface area contributed by atoms with Gasteiger partial charge in [0.2, 0.25) is 0 Å². The highest BCUT2D eigenvalue weighted by molar-refractivity contribution is 5.34. The van der Waals surface area contributed by atoms with Gasteiger partial charge in [-0.05, 0) is 25.3 Å². The van der Waals surface area contributed by atoms with Gasteiger partial charge in [-0.1, -0.05) is 31.4 Å². The smallest absolute Gasteiger partial charge is 0.269 e. The number of nitro benzene ring substituents is 1. The van der Waals surface area contributed by atoms with Crippen molar-refractivity contribution >= 4 is 5.69 Å². The molecule has 2 rings (SSSR count). The van der Waals surface area contributed by atoms with E-state index in [4.69, 9.17) is 0 Å². The monoisotopic (exact) mass is 248 g/mol. The lowest BCUT2D eigenvalue weighted by Gasteiger charge is -2.26. The van der Waals surface area contributed by atoms with Gasteiger partial charge in [-0.15, -0.1) is 0 Å². The summed E-state index contributed by atoms with van der Waals surface area (Å²) in [5.74, 6) is 0. The van der Waals surface area contributed by atoms with E-state index in [0.29, 0.717) is 6.04 Å². The van der Waals surface area contributed by atoms with Gasteiger partial charge in [-0.3, -0.25) is 10.1 Å². The van der Waals surface area contributed by atoms with Gasteiger partial charge in [0, 0.05) is 24.2 Å². The van der Waals surface area contributed by atoms with Crippen LogP contribution in [0.4, 0.5) is 5.69 Å². The number of nitrogens with zero attached hydrogens (tertiary/aromatic N) is 1. The normalized spacial score (nSPS) is 18.5. The predicted octanol–water partition coefficient (Wildman–Crippen LogP) is 3.58. The molecule has 1 aliphatic rings. The molecule has 1 atom stereocenters. The van der Waals surface area contributed by atoms with Gasteiger partial charge >= 0.3 is 0 Å². The topological polar surface area (TPSA) is 55.2 Å². The second-order valence-electron chi connectivity index (χ2n) is 5.07. The van der Waals surface area contributed by atoms with Crippen molar-refractivity contribution in [2.24, 2.45) is 0 Å².